The lowest BCUT2D eigenvalue weighted by atomic mass is 9.97. The molecule has 114 valence electrons. The Morgan fingerprint density at radius 3 is 2.64 bits per heavy atom. The summed E-state index contributed by atoms with van der Waals surface area (Å²) in [7, 11) is 0. The Hall–Kier alpha value is -2.42. The largest absolute Gasteiger partial charge is 0.305 e. The van der Waals surface area contributed by atoms with Gasteiger partial charge in [0.05, 0.1) is 13.0 Å². The minimum atomic E-state index is -0.420. The Labute approximate surface area is 131 Å². The van der Waals surface area contributed by atoms with E-state index in [0.29, 0.717) is 12.5 Å². The smallest absolute Gasteiger partial charge is 0.294 e. The van der Waals surface area contributed by atoms with Crippen LogP contribution in [0.4, 0.5) is 0 Å². The molecule has 1 heterocycles. The van der Waals surface area contributed by atoms with Crippen LogP contribution >= 0.6 is 0 Å². The van der Waals surface area contributed by atoms with E-state index < -0.39 is 5.91 Å². The van der Waals surface area contributed by atoms with Crippen LogP contribution in [0.3, 0.4) is 0 Å². The number of benzene rings is 1. The van der Waals surface area contributed by atoms with Gasteiger partial charge in [-0.25, -0.2) is 0 Å². The van der Waals surface area contributed by atoms with Crippen molar-refractivity contribution < 1.29 is 9.59 Å². The molecule has 0 radical (unpaired) electrons. The highest BCUT2D eigenvalue weighted by Gasteiger charge is 2.33. The zero-order valence-electron chi connectivity index (χ0n) is 13.1. The highest BCUT2D eigenvalue weighted by molar-refractivity contribution is 6.39. The number of ketones is 1. The number of rotatable bonds is 5. The fraction of sp³-hybridized carbons (Fsp3) is 0.263. The topological polar surface area (TPSA) is 37.4 Å². The second-order valence-electron chi connectivity index (χ2n) is 5.62. The number of hydrogen-bond acceptors (Lipinski definition) is 2. The van der Waals surface area contributed by atoms with Gasteiger partial charge in [-0.2, -0.15) is 0 Å². The van der Waals surface area contributed by atoms with Gasteiger partial charge in [-0.05, 0) is 23.1 Å². The number of carbonyl (C=O) groups excluding carboxylic acids is 2. The first-order valence-electron chi connectivity index (χ1n) is 7.45. The highest BCUT2D eigenvalue weighted by atomic mass is 16.2. The van der Waals surface area contributed by atoms with Gasteiger partial charge in [0.1, 0.15) is 0 Å². The van der Waals surface area contributed by atoms with Crippen LogP contribution in [0.15, 0.2) is 60.8 Å². The Kier molecular flexibility index (Phi) is 5.10. The molecule has 3 heteroatoms. The second-order valence-corrected chi connectivity index (χ2v) is 5.62. The number of amides is 1. The van der Waals surface area contributed by atoms with Crippen LogP contribution in [0.25, 0.3) is 0 Å². The average Bonchev–Trinajstić information content (AvgIpc) is 2.76. The molecule has 0 aliphatic carbocycles. The van der Waals surface area contributed by atoms with Gasteiger partial charge in [0.25, 0.3) is 5.91 Å². The van der Waals surface area contributed by atoms with Crippen molar-refractivity contribution in [2.75, 3.05) is 0 Å². The lowest BCUT2D eigenvalue weighted by molar-refractivity contribution is -0.139. The monoisotopic (exact) mass is 295 g/mol. The first-order valence-corrected chi connectivity index (χ1v) is 7.45. The van der Waals surface area contributed by atoms with Crippen molar-refractivity contribution >= 4 is 11.7 Å². The second kappa shape index (κ2) is 7.03. The minimum Gasteiger partial charge on any atom is -0.305 e. The zero-order chi connectivity index (χ0) is 16.1. The van der Waals surface area contributed by atoms with Crippen LogP contribution in [0.2, 0.25) is 0 Å². The number of hydrogen-bond donors (Lipinski definition) is 0. The first kappa shape index (κ1) is 16.0. The van der Waals surface area contributed by atoms with Gasteiger partial charge < -0.3 is 4.90 Å². The van der Waals surface area contributed by atoms with Crippen LogP contribution in [-0.2, 0) is 16.1 Å². The molecule has 1 amide bonds. The van der Waals surface area contributed by atoms with E-state index in [-0.39, 0.29) is 12.2 Å². The molecule has 0 bridgehead atoms. The maximum absolute atomic E-state index is 12.1. The van der Waals surface area contributed by atoms with Gasteiger partial charge in [-0.3, -0.25) is 9.59 Å². The molecule has 1 aromatic rings. The van der Waals surface area contributed by atoms with E-state index >= 15 is 0 Å². The van der Waals surface area contributed by atoms with Crippen molar-refractivity contribution in [1.82, 2.24) is 4.90 Å². The van der Waals surface area contributed by atoms with Crippen molar-refractivity contribution in [3.63, 3.8) is 0 Å². The van der Waals surface area contributed by atoms with Gasteiger partial charge >= 0.3 is 0 Å². The van der Waals surface area contributed by atoms with Gasteiger partial charge in [0, 0.05) is 5.70 Å². The Morgan fingerprint density at radius 1 is 1.23 bits per heavy atom. The molecule has 0 aromatic heterocycles. The number of likely N-dealkylation sites (tertiary alicyclic amines) is 1. The van der Waals surface area contributed by atoms with E-state index in [2.05, 4.69) is 26.5 Å². The number of nitrogens with zero attached hydrogens (tertiary/aromatic N) is 1. The molecule has 2 rings (SSSR count). The molecular formula is C19H21NO2. The molecule has 0 spiro atoms. The predicted molar refractivity (Wildman–Crippen MR) is 88.1 cm³/mol. The standard InChI is InChI=1S/C19H21NO2/c1-4-5-6-10-16-12-18(21)19(22)20(16)13-15-9-7-8-11-17(15)14(2)3/h4-11,14H,1,12-13H2,2-3H3/b6-5-,16-10+. The van der Waals surface area contributed by atoms with Crippen LogP contribution in [0.5, 0.6) is 0 Å². The molecule has 3 nitrogen and oxygen atoms in total. The van der Waals surface area contributed by atoms with Gasteiger partial charge in [-0.1, -0.05) is 62.9 Å². The normalized spacial score (nSPS) is 17.2. The summed E-state index contributed by atoms with van der Waals surface area (Å²) in [6, 6.07) is 8.05. The number of allylic oxidation sites excluding steroid dienone is 5. The summed E-state index contributed by atoms with van der Waals surface area (Å²) in [4.78, 5) is 25.5. The fourth-order valence-corrected chi connectivity index (χ4v) is 2.60. The summed E-state index contributed by atoms with van der Waals surface area (Å²) < 4.78 is 0. The molecule has 0 saturated carbocycles. The Morgan fingerprint density at radius 2 is 1.95 bits per heavy atom. The number of Topliss-reactive ketones (excluding diaryl/α,β-unsaturated/α-hetero) is 1. The molecule has 1 aromatic carbocycles. The van der Waals surface area contributed by atoms with Gasteiger partial charge in [-0.15, -0.1) is 0 Å². The van der Waals surface area contributed by atoms with E-state index in [1.54, 1.807) is 23.1 Å². The van der Waals surface area contributed by atoms with Crippen molar-refractivity contribution in [3.8, 4) is 0 Å². The first-order chi connectivity index (χ1) is 10.5. The predicted octanol–water partition coefficient (Wildman–Crippen LogP) is 3.74. The van der Waals surface area contributed by atoms with Crippen molar-refractivity contribution in [2.45, 2.75) is 32.7 Å². The van der Waals surface area contributed by atoms with Crippen molar-refractivity contribution in [1.29, 1.82) is 0 Å². The van der Waals surface area contributed by atoms with Gasteiger partial charge in [0.15, 0.2) is 0 Å². The molecule has 0 N–H and O–H groups in total. The summed E-state index contributed by atoms with van der Waals surface area (Å²) >= 11 is 0. The summed E-state index contributed by atoms with van der Waals surface area (Å²) in [5.74, 6) is -0.394. The lowest BCUT2D eigenvalue weighted by Gasteiger charge is -2.20. The van der Waals surface area contributed by atoms with Crippen LogP contribution in [0.1, 0.15) is 37.3 Å². The van der Waals surface area contributed by atoms with Gasteiger partial charge in [0.2, 0.25) is 5.78 Å². The molecule has 1 fully saturated rings. The Balaban J connectivity index is 2.31. The number of carbonyl (C=O) groups is 2. The van der Waals surface area contributed by atoms with E-state index in [4.69, 9.17) is 0 Å². The van der Waals surface area contributed by atoms with Crippen molar-refractivity contribution in [3.05, 3.63) is 72.0 Å². The molecule has 0 unspecified atom stereocenters. The quantitative estimate of drug-likeness (QED) is 0.613. The molecule has 1 saturated heterocycles. The summed E-state index contributed by atoms with van der Waals surface area (Å²) in [6.45, 7) is 8.29. The summed E-state index contributed by atoms with van der Waals surface area (Å²) in [5, 5.41) is 0. The van der Waals surface area contributed by atoms with Crippen LogP contribution in [0, 0.1) is 0 Å². The molecule has 1 aliphatic rings. The summed E-state index contributed by atoms with van der Waals surface area (Å²) in [5.41, 5.74) is 3.03. The third-order valence-corrected chi connectivity index (χ3v) is 3.71. The summed E-state index contributed by atoms with van der Waals surface area (Å²) in [6.07, 6.45) is 7.22. The van der Waals surface area contributed by atoms with E-state index in [1.807, 2.05) is 24.3 Å². The molecular weight excluding hydrogens is 274 g/mol. The highest BCUT2D eigenvalue weighted by Crippen LogP contribution is 2.26. The molecule has 22 heavy (non-hydrogen) atoms. The third kappa shape index (κ3) is 3.42. The SMILES string of the molecule is C=C/C=C\C=C1/CC(=O)C(=O)N1Cc1ccccc1C(C)C. The maximum atomic E-state index is 12.1. The van der Waals surface area contributed by atoms with Crippen molar-refractivity contribution in [2.24, 2.45) is 0 Å². The maximum Gasteiger partial charge on any atom is 0.294 e. The van der Waals surface area contributed by atoms with E-state index in [9.17, 15) is 9.59 Å². The van der Waals surface area contributed by atoms with Crippen LogP contribution in [-0.4, -0.2) is 16.6 Å². The van der Waals surface area contributed by atoms with Crippen LogP contribution < -0.4 is 0 Å². The Bertz CT molecular complexity index is 653. The molecule has 0 atom stereocenters. The minimum absolute atomic E-state index is 0.171. The van der Waals surface area contributed by atoms with E-state index in [1.165, 1.54) is 5.56 Å². The average molecular weight is 295 g/mol. The van der Waals surface area contributed by atoms with E-state index in [0.717, 1.165) is 11.3 Å². The fourth-order valence-electron chi connectivity index (χ4n) is 2.60. The lowest BCUT2D eigenvalue weighted by Crippen LogP contribution is -2.26. The molecule has 1 aliphatic heterocycles. The zero-order valence-corrected chi connectivity index (χ0v) is 13.1. The third-order valence-electron chi connectivity index (χ3n) is 3.71.